The van der Waals surface area contributed by atoms with E-state index >= 15 is 0 Å². The molecule has 16 heavy (non-hydrogen) atoms. The summed E-state index contributed by atoms with van der Waals surface area (Å²) in [5.41, 5.74) is 1.35. The second kappa shape index (κ2) is 3.68. The molecule has 3 heteroatoms. The summed E-state index contributed by atoms with van der Waals surface area (Å²) in [6.45, 7) is 0. The van der Waals surface area contributed by atoms with Crippen molar-refractivity contribution in [3.05, 3.63) is 54.3 Å². The highest BCUT2D eigenvalue weighted by molar-refractivity contribution is 7.21. The zero-order valence-electron chi connectivity index (χ0n) is 8.27. The fourth-order valence-electron chi connectivity index (χ4n) is 1.56. The number of hydrogen-bond donors (Lipinski definition) is 0. The molecule has 1 radical (unpaired) electrons. The maximum Gasteiger partial charge on any atom is 0.134 e. The Kier molecular flexibility index (Phi) is 2.18. The van der Waals surface area contributed by atoms with Crippen LogP contribution in [0.3, 0.4) is 0 Å². The lowest BCUT2D eigenvalue weighted by atomic mass is 10.2. The molecule has 1 nitrogen and oxygen atoms in total. The Morgan fingerprint density at radius 1 is 1.12 bits per heavy atom. The van der Waals surface area contributed by atoms with E-state index in [0.717, 1.165) is 10.2 Å². The lowest BCUT2D eigenvalue weighted by molar-refractivity contribution is 0.631. The van der Waals surface area contributed by atoms with Gasteiger partial charge in [-0.15, -0.1) is 11.3 Å². The first kappa shape index (κ1) is 9.48. The molecule has 0 unspecified atom stereocenters. The highest BCUT2D eigenvalue weighted by Gasteiger charge is 2.09. The van der Waals surface area contributed by atoms with Crippen LogP contribution in [0.5, 0.6) is 0 Å². The molecule has 0 amide bonds. The quantitative estimate of drug-likeness (QED) is 0.615. The van der Waals surface area contributed by atoms with E-state index in [1.54, 1.807) is 12.1 Å². The van der Waals surface area contributed by atoms with Gasteiger partial charge in [-0.25, -0.2) is 9.37 Å². The Hall–Kier alpha value is -1.74. The van der Waals surface area contributed by atoms with Gasteiger partial charge in [-0.1, -0.05) is 24.3 Å². The van der Waals surface area contributed by atoms with Gasteiger partial charge in [0.15, 0.2) is 0 Å². The van der Waals surface area contributed by atoms with Crippen LogP contribution >= 0.6 is 11.3 Å². The number of rotatable bonds is 1. The van der Waals surface area contributed by atoms with Gasteiger partial charge in [0.25, 0.3) is 0 Å². The Labute approximate surface area is 96.2 Å². The molecule has 2 aromatic carbocycles. The molecule has 3 aromatic rings. The summed E-state index contributed by atoms with van der Waals surface area (Å²) in [5.74, 6) is -0.276. The molecule has 0 saturated carbocycles. The van der Waals surface area contributed by atoms with Crippen molar-refractivity contribution in [3.8, 4) is 10.6 Å². The van der Waals surface area contributed by atoms with E-state index in [2.05, 4.69) is 11.1 Å². The minimum absolute atomic E-state index is 0.276. The van der Waals surface area contributed by atoms with Crippen LogP contribution in [0.1, 0.15) is 0 Å². The van der Waals surface area contributed by atoms with Crippen molar-refractivity contribution in [1.82, 2.24) is 4.98 Å². The summed E-state index contributed by atoms with van der Waals surface area (Å²) in [6, 6.07) is 15.4. The summed E-state index contributed by atoms with van der Waals surface area (Å²) in [6.07, 6.45) is 0. The van der Waals surface area contributed by atoms with E-state index in [0.29, 0.717) is 10.6 Å². The largest absolute Gasteiger partial charge is 0.236 e. The van der Waals surface area contributed by atoms with Gasteiger partial charge < -0.3 is 0 Å². The van der Waals surface area contributed by atoms with Gasteiger partial charge in [0, 0.05) is 0 Å². The highest BCUT2D eigenvalue weighted by atomic mass is 32.1. The molecule has 0 fully saturated rings. The molecule has 0 saturated heterocycles. The Morgan fingerprint density at radius 3 is 2.81 bits per heavy atom. The number of thiazole rings is 1. The first-order chi connectivity index (χ1) is 7.84. The van der Waals surface area contributed by atoms with E-state index < -0.39 is 0 Å². The predicted molar refractivity (Wildman–Crippen MR) is 63.9 cm³/mol. The number of nitrogens with zero attached hydrogens (tertiary/aromatic N) is 1. The van der Waals surface area contributed by atoms with Crippen molar-refractivity contribution in [1.29, 1.82) is 0 Å². The molecule has 0 aliphatic rings. The standard InChI is InChI=1S/C13H7FNS/c14-10-6-2-1-5-9(10)13-15-11-7-3-4-8-12(11)16-13/h1-4,6-8H. The first-order valence-corrected chi connectivity index (χ1v) is 5.68. The highest BCUT2D eigenvalue weighted by Crippen LogP contribution is 2.30. The van der Waals surface area contributed by atoms with Crippen molar-refractivity contribution in [2.45, 2.75) is 0 Å². The van der Waals surface area contributed by atoms with Gasteiger partial charge in [0.05, 0.1) is 15.8 Å². The molecule has 3 rings (SSSR count). The molecular weight excluding hydrogens is 221 g/mol. The van der Waals surface area contributed by atoms with Gasteiger partial charge in [-0.3, -0.25) is 0 Å². The third-order valence-corrected chi connectivity index (χ3v) is 3.37. The van der Waals surface area contributed by atoms with E-state index in [-0.39, 0.29) is 5.82 Å². The average Bonchev–Trinajstić information content (AvgIpc) is 2.73. The second-order valence-corrected chi connectivity index (χ2v) is 4.41. The molecule has 1 heterocycles. The SMILES string of the molecule is Fc1ccc[c]c1-c1nc2ccccc2s1. The molecule has 0 aliphatic heterocycles. The molecule has 0 bridgehead atoms. The van der Waals surface area contributed by atoms with Crippen molar-refractivity contribution in [3.63, 3.8) is 0 Å². The van der Waals surface area contributed by atoms with E-state index in [1.165, 1.54) is 17.4 Å². The molecule has 77 valence electrons. The molecule has 0 aliphatic carbocycles. The molecular formula is C13H7FNS. The molecule has 0 spiro atoms. The minimum atomic E-state index is -0.276. The predicted octanol–water partition coefficient (Wildman–Crippen LogP) is 3.90. The summed E-state index contributed by atoms with van der Waals surface area (Å²) >= 11 is 1.48. The van der Waals surface area contributed by atoms with Gasteiger partial charge in [0.2, 0.25) is 0 Å². The van der Waals surface area contributed by atoms with Crippen molar-refractivity contribution in [2.24, 2.45) is 0 Å². The third-order valence-electron chi connectivity index (χ3n) is 2.31. The minimum Gasteiger partial charge on any atom is -0.236 e. The van der Waals surface area contributed by atoms with Gasteiger partial charge in [-0.05, 0) is 24.3 Å². The molecule has 1 aromatic heterocycles. The van der Waals surface area contributed by atoms with Crippen LogP contribution in [-0.4, -0.2) is 4.98 Å². The first-order valence-electron chi connectivity index (χ1n) is 4.87. The maximum absolute atomic E-state index is 13.5. The number of aromatic nitrogens is 1. The fraction of sp³-hybridized carbons (Fsp3) is 0. The van der Waals surface area contributed by atoms with Crippen LogP contribution in [0.15, 0.2) is 42.5 Å². The summed E-state index contributed by atoms with van der Waals surface area (Å²) in [7, 11) is 0. The van der Waals surface area contributed by atoms with Crippen molar-refractivity contribution < 1.29 is 4.39 Å². The van der Waals surface area contributed by atoms with Crippen LogP contribution in [-0.2, 0) is 0 Å². The van der Waals surface area contributed by atoms with Crippen LogP contribution in [0.25, 0.3) is 20.8 Å². The van der Waals surface area contributed by atoms with Crippen LogP contribution in [0, 0.1) is 11.9 Å². The Morgan fingerprint density at radius 2 is 2.00 bits per heavy atom. The van der Waals surface area contributed by atoms with Gasteiger partial charge >= 0.3 is 0 Å². The number of halogens is 1. The Bertz CT molecular complexity index is 612. The average molecular weight is 228 g/mol. The number of hydrogen-bond acceptors (Lipinski definition) is 2. The lowest BCUT2D eigenvalue weighted by Gasteiger charge is -1.95. The monoisotopic (exact) mass is 228 g/mol. The van der Waals surface area contributed by atoms with Gasteiger partial charge in [0.1, 0.15) is 10.8 Å². The topological polar surface area (TPSA) is 12.9 Å². The zero-order valence-corrected chi connectivity index (χ0v) is 9.09. The van der Waals surface area contributed by atoms with Crippen molar-refractivity contribution >= 4 is 21.6 Å². The van der Waals surface area contributed by atoms with Crippen LogP contribution in [0.4, 0.5) is 4.39 Å². The third kappa shape index (κ3) is 1.49. The Balaban J connectivity index is 2.23. The lowest BCUT2D eigenvalue weighted by Crippen LogP contribution is -1.81. The van der Waals surface area contributed by atoms with Crippen LogP contribution in [0.2, 0.25) is 0 Å². The number of fused-ring (bicyclic) bond motifs is 1. The maximum atomic E-state index is 13.5. The number of para-hydroxylation sites is 1. The van der Waals surface area contributed by atoms with E-state index in [4.69, 9.17) is 0 Å². The van der Waals surface area contributed by atoms with Gasteiger partial charge in [-0.2, -0.15) is 0 Å². The van der Waals surface area contributed by atoms with E-state index in [1.807, 2.05) is 24.3 Å². The summed E-state index contributed by atoms with van der Waals surface area (Å²) < 4.78 is 14.6. The van der Waals surface area contributed by atoms with Crippen molar-refractivity contribution in [2.75, 3.05) is 0 Å². The zero-order chi connectivity index (χ0) is 11.0. The molecule has 0 N–H and O–H groups in total. The second-order valence-electron chi connectivity index (χ2n) is 3.38. The summed E-state index contributed by atoms with van der Waals surface area (Å²) in [5, 5.41) is 0.680. The smallest absolute Gasteiger partial charge is 0.134 e. The summed E-state index contributed by atoms with van der Waals surface area (Å²) in [4.78, 5) is 4.39. The fourth-order valence-corrected chi connectivity index (χ4v) is 2.54. The van der Waals surface area contributed by atoms with Crippen LogP contribution < -0.4 is 0 Å². The number of benzene rings is 2. The normalized spacial score (nSPS) is 10.8. The van der Waals surface area contributed by atoms with E-state index in [9.17, 15) is 4.39 Å². The molecule has 0 atom stereocenters.